The molecule has 0 saturated heterocycles. The van der Waals surface area contributed by atoms with E-state index in [0.29, 0.717) is 5.69 Å². The van der Waals surface area contributed by atoms with Crippen molar-refractivity contribution in [3.05, 3.63) is 39.4 Å². The summed E-state index contributed by atoms with van der Waals surface area (Å²) in [6, 6.07) is 2.17. The summed E-state index contributed by atoms with van der Waals surface area (Å²) in [7, 11) is 0. The quantitative estimate of drug-likeness (QED) is 0.760. The highest BCUT2D eigenvalue weighted by Crippen LogP contribution is 2.25. The van der Waals surface area contributed by atoms with Crippen LogP contribution in [-0.2, 0) is 0 Å². The maximum atomic E-state index is 9.01. The Morgan fingerprint density at radius 2 is 1.78 bits per heavy atom. The number of aromatic nitrogens is 1. The van der Waals surface area contributed by atoms with Crippen molar-refractivity contribution in [1.82, 2.24) is 10.3 Å². The second-order valence-corrected chi connectivity index (χ2v) is 4.95. The second kappa shape index (κ2) is 4.43. The normalized spacial score (nSPS) is 17.3. The molecule has 0 aliphatic carbocycles. The number of rotatable bonds is 1. The van der Waals surface area contributed by atoms with E-state index in [1.54, 1.807) is 0 Å². The number of hydrogen-bond donors (Lipinski definition) is 2. The van der Waals surface area contributed by atoms with Gasteiger partial charge < -0.3 is 10.3 Å². The minimum absolute atomic E-state index is 0.623. The SMILES string of the molecule is CC1=C(C)/C(=C/c2[nH]c(C#N)c(C)c2C)NC1=S. The fraction of sp³-hybridized carbons (Fsp3) is 0.286. The lowest BCUT2D eigenvalue weighted by Gasteiger charge is -2.01. The molecule has 2 rings (SSSR count). The minimum atomic E-state index is 0.623. The number of thiocarbonyl (C=S) groups is 1. The molecule has 0 unspecified atom stereocenters. The van der Waals surface area contributed by atoms with E-state index in [9.17, 15) is 0 Å². The van der Waals surface area contributed by atoms with Gasteiger partial charge >= 0.3 is 0 Å². The molecule has 0 aromatic carbocycles. The van der Waals surface area contributed by atoms with Gasteiger partial charge in [-0.1, -0.05) is 12.2 Å². The highest BCUT2D eigenvalue weighted by atomic mass is 32.1. The largest absolute Gasteiger partial charge is 0.346 e. The van der Waals surface area contributed by atoms with E-state index < -0.39 is 0 Å². The van der Waals surface area contributed by atoms with Crippen LogP contribution in [0.3, 0.4) is 0 Å². The Bertz CT molecular complexity index is 639. The van der Waals surface area contributed by atoms with Crippen LogP contribution >= 0.6 is 12.2 Å². The monoisotopic (exact) mass is 257 g/mol. The number of allylic oxidation sites excluding steroid dienone is 1. The predicted molar refractivity (Wildman–Crippen MR) is 77.1 cm³/mol. The summed E-state index contributed by atoms with van der Waals surface area (Å²) in [4.78, 5) is 3.91. The van der Waals surface area contributed by atoms with Gasteiger partial charge in [0.25, 0.3) is 0 Å². The third kappa shape index (κ3) is 1.87. The van der Waals surface area contributed by atoms with Gasteiger partial charge in [-0.15, -0.1) is 0 Å². The van der Waals surface area contributed by atoms with Crippen LogP contribution in [0, 0.1) is 25.2 Å². The fourth-order valence-electron chi connectivity index (χ4n) is 1.94. The summed E-state index contributed by atoms with van der Waals surface area (Å²) in [5.74, 6) is 0. The third-order valence-electron chi connectivity index (χ3n) is 3.56. The molecule has 0 atom stereocenters. The molecule has 1 aromatic rings. The maximum Gasteiger partial charge on any atom is 0.121 e. The molecule has 2 heterocycles. The van der Waals surface area contributed by atoms with Crippen LogP contribution in [0.4, 0.5) is 0 Å². The Hall–Kier alpha value is -1.86. The second-order valence-electron chi connectivity index (χ2n) is 4.54. The van der Waals surface area contributed by atoms with Crippen molar-refractivity contribution in [2.24, 2.45) is 0 Å². The van der Waals surface area contributed by atoms with Crippen LogP contribution in [0.15, 0.2) is 16.8 Å². The van der Waals surface area contributed by atoms with E-state index in [0.717, 1.165) is 38.7 Å². The third-order valence-corrected chi connectivity index (χ3v) is 3.97. The van der Waals surface area contributed by atoms with E-state index in [2.05, 4.69) is 16.4 Å². The van der Waals surface area contributed by atoms with Gasteiger partial charge in [-0.2, -0.15) is 5.26 Å². The van der Waals surface area contributed by atoms with Crippen LogP contribution in [0.5, 0.6) is 0 Å². The van der Waals surface area contributed by atoms with Crippen LogP contribution in [-0.4, -0.2) is 9.97 Å². The van der Waals surface area contributed by atoms with Gasteiger partial charge in [0.15, 0.2) is 0 Å². The van der Waals surface area contributed by atoms with E-state index in [1.807, 2.05) is 33.8 Å². The summed E-state index contributed by atoms with van der Waals surface area (Å²) in [5, 5.41) is 12.2. The smallest absolute Gasteiger partial charge is 0.121 e. The molecule has 1 aromatic heterocycles. The number of nitriles is 1. The molecular weight excluding hydrogens is 242 g/mol. The number of nitrogens with zero attached hydrogens (tertiary/aromatic N) is 1. The lowest BCUT2D eigenvalue weighted by atomic mass is 10.1. The van der Waals surface area contributed by atoms with Gasteiger partial charge in [0, 0.05) is 11.4 Å². The van der Waals surface area contributed by atoms with Crippen molar-refractivity contribution in [3.8, 4) is 6.07 Å². The molecule has 1 aliphatic rings. The molecule has 18 heavy (non-hydrogen) atoms. The van der Waals surface area contributed by atoms with E-state index in [4.69, 9.17) is 17.5 Å². The van der Waals surface area contributed by atoms with Gasteiger partial charge in [0.1, 0.15) is 16.8 Å². The number of hydrogen-bond acceptors (Lipinski definition) is 2. The average molecular weight is 257 g/mol. The first-order valence-electron chi connectivity index (χ1n) is 5.76. The van der Waals surface area contributed by atoms with E-state index in [1.165, 1.54) is 0 Å². The summed E-state index contributed by atoms with van der Waals surface area (Å²) in [6.07, 6.45) is 2.02. The Morgan fingerprint density at radius 3 is 2.22 bits per heavy atom. The summed E-state index contributed by atoms with van der Waals surface area (Å²) < 4.78 is 0. The molecule has 2 N–H and O–H groups in total. The molecule has 0 amide bonds. The fourth-order valence-corrected chi connectivity index (χ4v) is 2.20. The zero-order chi connectivity index (χ0) is 13.4. The van der Waals surface area contributed by atoms with Crippen LogP contribution in [0.2, 0.25) is 0 Å². The number of nitrogens with one attached hydrogen (secondary N) is 2. The zero-order valence-corrected chi connectivity index (χ0v) is 11.7. The number of H-pyrrole nitrogens is 1. The van der Waals surface area contributed by atoms with Gasteiger partial charge in [0.05, 0.1) is 0 Å². The lowest BCUT2D eigenvalue weighted by Crippen LogP contribution is -2.13. The minimum Gasteiger partial charge on any atom is -0.346 e. The molecule has 92 valence electrons. The van der Waals surface area contributed by atoms with Crippen molar-refractivity contribution in [2.45, 2.75) is 27.7 Å². The highest BCUT2D eigenvalue weighted by Gasteiger charge is 2.18. The molecular formula is C14H15N3S. The summed E-state index contributed by atoms with van der Waals surface area (Å²) in [5.41, 5.74) is 6.96. The first-order chi connectivity index (χ1) is 8.45. The molecule has 1 aliphatic heterocycles. The van der Waals surface area contributed by atoms with Crippen molar-refractivity contribution in [2.75, 3.05) is 0 Å². The van der Waals surface area contributed by atoms with Crippen molar-refractivity contribution in [1.29, 1.82) is 5.26 Å². The van der Waals surface area contributed by atoms with Gasteiger partial charge in [-0.3, -0.25) is 0 Å². The molecule has 0 bridgehead atoms. The average Bonchev–Trinajstić information content (AvgIpc) is 2.75. The van der Waals surface area contributed by atoms with E-state index in [-0.39, 0.29) is 0 Å². The molecule has 0 saturated carbocycles. The maximum absolute atomic E-state index is 9.01. The molecule has 3 nitrogen and oxygen atoms in total. The van der Waals surface area contributed by atoms with Crippen molar-refractivity contribution < 1.29 is 0 Å². The van der Waals surface area contributed by atoms with Gasteiger partial charge in [-0.25, -0.2) is 0 Å². The Balaban J connectivity index is 2.48. The predicted octanol–water partition coefficient (Wildman–Crippen LogP) is 3.11. The van der Waals surface area contributed by atoms with Crippen molar-refractivity contribution in [3.63, 3.8) is 0 Å². The van der Waals surface area contributed by atoms with Crippen molar-refractivity contribution >= 4 is 23.3 Å². The summed E-state index contributed by atoms with van der Waals surface area (Å²) in [6.45, 7) is 8.02. The molecule has 0 spiro atoms. The van der Waals surface area contributed by atoms with Gasteiger partial charge in [-0.05, 0) is 56.0 Å². The first-order valence-corrected chi connectivity index (χ1v) is 6.16. The van der Waals surface area contributed by atoms with Crippen LogP contribution < -0.4 is 5.32 Å². The molecule has 0 fully saturated rings. The zero-order valence-electron chi connectivity index (χ0n) is 10.9. The summed E-state index contributed by atoms with van der Waals surface area (Å²) >= 11 is 5.23. The molecule has 0 radical (unpaired) electrons. The van der Waals surface area contributed by atoms with Gasteiger partial charge in [0.2, 0.25) is 0 Å². The topological polar surface area (TPSA) is 51.6 Å². The molecule has 4 heteroatoms. The number of aromatic amines is 1. The van der Waals surface area contributed by atoms with Crippen LogP contribution in [0.25, 0.3) is 6.08 Å². The highest BCUT2D eigenvalue weighted by molar-refractivity contribution is 7.80. The Morgan fingerprint density at radius 1 is 1.11 bits per heavy atom. The Kier molecular flexibility index (Phi) is 3.10. The Labute approximate surface area is 112 Å². The van der Waals surface area contributed by atoms with E-state index >= 15 is 0 Å². The lowest BCUT2D eigenvalue weighted by molar-refractivity contribution is 1.20. The first kappa shape index (κ1) is 12.6. The standard InChI is InChI=1S/C14H15N3S/c1-7-8(2)13(6-15)16-11(7)5-12-9(3)10(4)14(18)17-12/h5,16H,1-4H3,(H,17,18)/b12-5-. The van der Waals surface area contributed by atoms with Crippen LogP contribution in [0.1, 0.15) is 36.4 Å².